The van der Waals surface area contributed by atoms with E-state index in [9.17, 15) is 12.8 Å². The number of hydrogen-bond acceptors (Lipinski definition) is 7. The number of benzene rings is 1. The van der Waals surface area contributed by atoms with Crippen molar-refractivity contribution in [2.24, 2.45) is 0 Å². The fourth-order valence-electron chi connectivity index (χ4n) is 2.84. The van der Waals surface area contributed by atoms with E-state index in [1.807, 2.05) is 0 Å². The SMILES string of the molecule is CS(=O)(=O)c1ccc(Nc2cc3c(C#Cc4cc(F)cnc4N)nccc3cn2)cc1. The summed E-state index contributed by atoms with van der Waals surface area (Å²) >= 11 is 0. The number of aromatic nitrogens is 3. The molecule has 9 heteroatoms. The van der Waals surface area contributed by atoms with E-state index in [1.165, 1.54) is 18.2 Å². The van der Waals surface area contributed by atoms with Gasteiger partial charge in [-0.05, 0) is 48.4 Å². The van der Waals surface area contributed by atoms with Crippen LogP contribution in [-0.2, 0) is 9.84 Å². The van der Waals surface area contributed by atoms with Gasteiger partial charge in [0.15, 0.2) is 9.84 Å². The van der Waals surface area contributed by atoms with Crippen LogP contribution in [0.2, 0.25) is 0 Å². The molecule has 4 aromatic rings. The summed E-state index contributed by atoms with van der Waals surface area (Å²) in [6, 6.07) is 11.2. The zero-order valence-electron chi connectivity index (χ0n) is 16.3. The Hall–Kier alpha value is -4.03. The number of rotatable bonds is 3. The summed E-state index contributed by atoms with van der Waals surface area (Å²) in [7, 11) is -3.27. The minimum absolute atomic E-state index is 0.135. The predicted octanol–water partition coefficient (Wildman–Crippen LogP) is 3.29. The van der Waals surface area contributed by atoms with Crippen LogP contribution in [0.15, 0.2) is 66.0 Å². The summed E-state index contributed by atoms with van der Waals surface area (Å²) in [6.45, 7) is 0. The van der Waals surface area contributed by atoms with E-state index < -0.39 is 15.7 Å². The number of pyridine rings is 3. The first kappa shape index (κ1) is 20.3. The minimum Gasteiger partial charge on any atom is -0.383 e. The Labute approximate surface area is 178 Å². The number of halogens is 1. The number of nitrogens with zero attached hydrogens (tertiary/aromatic N) is 3. The van der Waals surface area contributed by atoms with Gasteiger partial charge in [0, 0.05) is 35.1 Å². The highest BCUT2D eigenvalue weighted by molar-refractivity contribution is 7.90. The fourth-order valence-corrected chi connectivity index (χ4v) is 3.47. The van der Waals surface area contributed by atoms with Crippen molar-refractivity contribution in [3.05, 3.63) is 78.1 Å². The molecule has 3 aromatic heterocycles. The molecule has 7 nitrogen and oxygen atoms in total. The molecule has 0 aliphatic rings. The molecule has 0 spiro atoms. The summed E-state index contributed by atoms with van der Waals surface area (Å²) in [5, 5.41) is 4.69. The number of nitrogens with two attached hydrogens (primary N) is 1. The van der Waals surface area contributed by atoms with Crippen LogP contribution in [-0.4, -0.2) is 29.6 Å². The molecule has 3 heterocycles. The van der Waals surface area contributed by atoms with Crippen LogP contribution in [0.5, 0.6) is 0 Å². The van der Waals surface area contributed by atoms with Gasteiger partial charge in [-0.25, -0.2) is 27.8 Å². The smallest absolute Gasteiger partial charge is 0.175 e. The van der Waals surface area contributed by atoms with E-state index in [0.29, 0.717) is 17.2 Å². The van der Waals surface area contributed by atoms with Gasteiger partial charge in [0.25, 0.3) is 0 Å². The van der Waals surface area contributed by atoms with Crippen LogP contribution in [0.25, 0.3) is 10.8 Å². The Balaban J connectivity index is 1.68. The number of nitrogen functional groups attached to an aromatic ring is 1. The first-order valence-corrected chi connectivity index (χ1v) is 10.9. The van der Waals surface area contributed by atoms with Crippen molar-refractivity contribution >= 4 is 37.9 Å². The van der Waals surface area contributed by atoms with Crippen LogP contribution in [0.1, 0.15) is 11.3 Å². The van der Waals surface area contributed by atoms with Crippen LogP contribution >= 0.6 is 0 Å². The summed E-state index contributed by atoms with van der Waals surface area (Å²) in [5.41, 5.74) is 7.18. The van der Waals surface area contributed by atoms with E-state index in [1.54, 1.807) is 36.7 Å². The number of fused-ring (bicyclic) bond motifs is 1. The number of anilines is 3. The first-order chi connectivity index (χ1) is 14.8. The third-order valence-electron chi connectivity index (χ3n) is 4.40. The highest BCUT2D eigenvalue weighted by atomic mass is 32.2. The Morgan fingerprint density at radius 1 is 1.00 bits per heavy atom. The van der Waals surface area contributed by atoms with Gasteiger partial charge in [-0.15, -0.1) is 0 Å². The highest BCUT2D eigenvalue weighted by Gasteiger charge is 2.08. The number of sulfone groups is 1. The zero-order valence-corrected chi connectivity index (χ0v) is 17.1. The molecule has 0 saturated heterocycles. The molecular weight excluding hydrogens is 417 g/mol. The molecule has 0 atom stereocenters. The van der Waals surface area contributed by atoms with Crippen LogP contribution in [0, 0.1) is 17.7 Å². The maximum absolute atomic E-state index is 13.4. The van der Waals surface area contributed by atoms with Crippen molar-refractivity contribution < 1.29 is 12.8 Å². The molecule has 4 rings (SSSR count). The minimum atomic E-state index is -3.27. The second-order valence-corrected chi connectivity index (χ2v) is 8.72. The highest BCUT2D eigenvalue weighted by Crippen LogP contribution is 2.23. The van der Waals surface area contributed by atoms with Gasteiger partial charge in [-0.2, -0.15) is 0 Å². The molecule has 0 bridgehead atoms. The van der Waals surface area contributed by atoms with Gasteiger partial charge in [0.05, 0.1) is 16.7 Å². The maximum Gasteiger partial charge on any atom is 0.175 e. The third kappa shape index (κ3) is 4.60. The average molecular weight is 433 g/mol. The Kier molecular flexibility index (Phi) is 5.23. The zero-order chi connectivity index (χ0) is 22.0. The van der Waals surface area contributed by atoms with Crippen molar-refractivity contribution in [1.29, 1.82) is 0 Å². The summed E-state index contributed by atoms with van der Waals surface area (Å²) in [5.74, 6) is 5.87. The molecular formula is C22H16FN5O2S. The molecule has 0 fully saturated rings. The lowest BCUT2D eigenvalue weighted by atomic mass is 10.1. The molecule has 31 heavy (non-hydrogen) atoms. The normalized spacial score (nSPS) is 11.0. The van der Waals surface area contributed by atoms with Crippen LogP contribution in [0.4, 0.5) is 21.7 Å². The molecule has 154 valence electrons. The van der Waals surface area contributed by atoms with Gasteiger partial charge in [0.1, 0.15) is 23.1 Å². The lowest BCUT2D eigenvalue weighted by Crippen LogP contribution is -1.98. The second kappa shape index (κ2) is 8.01. The Morgan fingerprint density at radius 2 is 1.77 bits per heavy atom. The van der Waals surface area contributed by atoms with Gasteiger partial charge in [-0.1, -0.05) is 5.92 Å². The van der Waals surface area contributed by atoms with Gasteiger partial charge in [0.2, 0.25) is 0 Å². The van der Waals surface area contributed by atoms with Crippen LogP contribution < -0.4 is 11.1 Å². The molecule has 3 N–H and O–H groups in total. The topological polar surface area (TPSA) is 111 Å². The van der Waals surface area contributed by atoms with Gasteiger partial charge in [-0.3, -0.25) is 0 Å². The Morgan fingerprint density at radius 3 is 2.52 bits per heavy atom. The second-order valence-electron chi connectivity index (χ2n) is 6.71. The van der Waals surface area contributed by atoms with E-state index in [4.69, 9.17) is 5.73 Å². The number of hydrogen-bond donors (Lipinski definition) is 2. The van der Waals surface area contributed by atoms with Crippen molar-refractivity contribution in [3.8, 4) is 11.8 Å². The fraction of sp³-hybridized carbons (Fsp3) is 0.0455. The molecule has 0 amide bonds. The molecule has 1 aromatic carbocycles. The standard InChI is InChI=1S/C22H16FN5O2S/c1-31(29,30)18-5-3-17(4-6-18)28-21-11-19-15(12-26-21)8-9-25-20(19)7-2-14-10-16(23)13-27-22(14)24/h3-6,8-13H,1H3,(H2,24,27)(H,26,28). The van der Waals surface area contributed by atoms with E-state index in [2.05, 4.69) is 32.1 Å². The van der Waals surface area contributed by atoms with Crippen molar-refractivity contribution in [3.63, 3.8) is 0 Å². The average Bonchev–Trinajstić information content (AvgIpc) is 2.74. The first-order valence-electron chi connectivity index (χ1n) is 9.04. The number of nitrogens with one attached hydrogen (secondary N) is 1. The summed E-state index contributed by atoms with van der Waals surface area (Å²) in [6.07, 6.45) is 5.47. The lowest BCUT2D eigenvalue weighted by molar-refractivity contribution is 0.602. The third-order valence-corrected chi connectivity index (χ3v) is 5.53. The molecule has 0 aliphatic carbocycles. The molecule has 0 aliphatic heterocycles. The van der Waals surface area contributed by atoms with Crippen molar-refractivity contribution in [2.45, 2.75) is 4.90 Å². The quantitative estimate of drug-likeness (QED) is 0.477. The maximum atomic E-state index is 13.4. The summed E-state index contributed by atoms with van der Waals surface area (Å²) in [4.78, 5) is 12.7. The lowest BCUT2D eigenvalue weighted by Gasteiger charge is -2.08. The molecule has 0 saturated carbocycles. The summed E-state index contributed by atoms with van der Waals surface area (Å²) < 4.78 is 36.6. The van der Waals surface area contributed by atoms with Crippen molar-refractivity contribution in [1.82, 2.24) is 15.0 Å². The monoisotopic (exact) mass is 433 g/mol. The predicted molar refractivity (Wildman–Crippen MR) is 117 cm³/mol. The molecule has 0 unspecified atom stereocenters. The molecule has 0 radical (unpaired) electrons. The van der Waals surface area contributed by atoms with Crippen molar-refractivity contribution in [2.75, 3.05) is 17.3 Å². The van der Waals surface area contributed by atoms with Crippen LogP contribution in [0.3, 0.4) is 0 Å². The van der Waals surface area contributed by atoms with E-state index >= 15 is 0 Å². The van der Waals surface area contributed by atoms with Gasteiger partial charge >= 0.3 is 0 Å². The Bertz CT molecular complexity index is 1460. The largest absolute Gasteiger partial charge is 0.383 e. The van der Waals surface area contributed by atoms with Gasteiger partial charge < -0.3 is 11.1 Å². The van der Waals surface area contributed by atoms with E-state index in [-0.39, 0.29) is 16.3 Å². The van der Waals surface area contributed by atoms with E-state index in [0.717, 1.165) is 23.2 Å².